The molecule has 1 fully saturated rings. The average molecular weight is 328 g/mol. The summed E-state index contributed by atoms with van der Waals surface area (Å²) in [5.41, 5.74) is 2.14. The Morgan fingerprint density at radius 3 is 2.72 bits per heavy atom. The summed E-state index contributed by atoms with van der Waals surface area (Å²) in [6.07, 6.45) is 6.21. The van der Waals surface area contributed by atoms with E-state index >= 15 is 0 Å². The lowest BCUT2D eigenvalue weighted by Gasteiger charge is -2.41. The van der Waals surface area contributed by atoms with Crippen LogP contribution < -0.4 is 4.74 Å². The summed E-state index contributed by atoms with van der Waals surface area (Å²) >= 11 is 0. The zero-order valence-corrected chi connectivity index (χ0v) is 14.0. The molecule has 2 atom stereocenters. The first-order valence-electron chi connectivity index (χ1n) is 8.90. The van der Waals surface area contributed by atoms with Gasteiger partial charge in [-0.25, -0.2) is 0 Å². The number of para-hydroxylation sites is 1. The van der Waals surface area contributed by atoms with Gasteiger partial charge in [-0.15, -0.1) is 0 Å². The van der Waals surface area contributed by atoms with Crippen molar-refractivity contribution in [3.8, 4) is 5.75 Å². The minimum absolute atomic E-state index is 0.0507. The van der Waals surface area contributed by atoms with Crippen molar-refractivity contribution in [2.45, 2.75) is 24.5 Å². The molecule has 1 saturated heterocycles. The lowest BCUT2D eigenvalue weighted by atomic mass is 9.84. The summed E-state index contributed by atoms with van der Waals surface area (Å²) in [6.45, 7) is 0.709. The first-order chi connectivity index (χ1) is 12.3. The van der Waals surface area contributed by atoms with Gasteiger partial charge in [0.2, 0.25) is 0 Å². The van der Waals surface area contributed by atoms with Crippen molar-refractivity contribution >= 4 is 16.8 Å². The Balaban J connectivity index is 1.51. The highest BCUT2D eigenvalue weighted by molar-refractivity contribution is 5.86. The van der Waals surface area contributed by atoms with Crippen molar-refractivity contribution in [3.05, 3.63) is 83.9 Å². The molecule has 0 aliphatic carbocycles. The summed E-state index contributed by atoms with van der Waals surface area (Å²) in [5, 5.41) is 2.53. The van der Waals surface area contributed by atoms with Gasteiger partial charge in [0.25, 0.3) is 0 Å². The van der Waals surface area contributed by atoms with E-state index in [4.69, 9.17) is 9.47 Å². The molecular weight excluding hydrogens is 308 g/mol. The molecule has 0 amide bonds. The van der Waals surface area contributed by atoms with Crippen molar-refractivity contribution in [3.63, 3.8) is 0 Å². The van der Waals surface area contributed by atoms with E-state index in [1.807, 2.05) is 12.1 Å². The Morgan fingerprint density at radius 1 is 0.880 bits per heavy atom. The van der Waals surface area contributed by atoms with E-state index in [0.29, 0.717) is 6.61 Å². The molecule has 2 heterocycles. The van der Waals surface area contributed by atoms with E-state index < -0.39 is 0 Å². The first-order valence-corrected chi connectivity index (χ1v) is 8.90. The summed E-state index contributed by atoms with van der Waals surface area (Å²) in [4.78, 5) is 0. The van der Waals surface area contributed by atoms with E-state index in [-0.39, 0.29) is 11.7 Å². The molecular formula is C23H20O2. The molecule has 0 bridgehead atoms. The Bertz CT molecular complexity index is 954. The van der Waals surface area contributed by atoms with E-state index in [9.17, 15) is 0 Å². The number of ether oxygens (including phenoxy) is 2. The van der Waals surface area contributed by atoms with Gasteiger partial charge >= 0.3 is 0 Å². The highest BCUT2D eigenvalue weighted by Crippen LogP contribution is 2.43. The Labute approximate surface area is 147 Å². The van der Waals surface area contributed by atoms with Crippen LogP contribution >= 0.6 is 0 Å². The van der Waals surface area contributed by atoms with Gasteiger partial charge in [-0.1, -0.05) is 66.7 Å². The van der Waals surface area contributed by atoms with Gasteiger partial charge in [-0.05, 0) is 28.5 Å². The average Bonchev–Trinajstić information content (AvgIpc) is 2.67. The molecule has 2 aliphatic rings. The van der Waals surface area contributed by atoms with Crippen molar-refractivity contribution in [2.75, 3.05) is 6.61 Å². The van der Waals surface area contributed by atoms with Gasteiger partial charge in [0.05, 0.1) is 12.7 Å². The Kier molecular flexibility index (Phi) is 3.39. The fourth-order valence-electron chi connectivity index (χ4n) is 4.03. The molecule has 5 rings (SSSR count). The molecule has 3 aromatic rings. The molecule has 25 heavy (non-hydrogen) atoms. The third-order valence-corrected chi connectivity index (χ3v) is 5.34. The third-order valence-electron chi connectivity index (χ3n) is 5.34. The van der Waals surface area contributed by atoms with Gasteiger partial charge in [-0.2, -0.15) is 0 Å². The van der Waals surface area contributed by atoms with E-state index in [1.54, 1.807) is 0 Å². The lowest BCUT2D eigenvalue weighted by molar-refractivity contribution is -0.0690. The van der Waals surface area contributed by atoms with Crippen molar-refractivity contribution in [1.29, 1.82) is 0 Å². The van der Waals surface area contributed by atoms with Gasteiger partial charge in [0.15, 0.2) is 0 Å². The quantitative estimate of drug-likeness (QED) is 0.584. The second kappa shape index (κ2) is 5.75. The zero-order chi connectivity index (χ0) is 16.7. The van der Waals surface area contributed by atoms with Gasteiger partial charge < -0.3 is 9.47 Å². The molecule has 0 radical (unpaired) electrons. The van der Waals surface area contributed by atoms with Crippen molar-refractivity contribution in [1.82, 2.24) is 0 Å². The fourth-order valence-corrected chi connectivity index (χ4v) is 4.03. The minimum Gasteiger partial charge on any atom is -0.482 e. The van der Waals surface area contributed by atoms with Gasteiger partial charge in [-0.3, -0.25) is 0 Å². The molecule has 0 saturated carbocycles. The second-order valence-corrected chi connectivity index (χ2v) is 6.92. The maximum atomic E-state index is 6.46. The molecule has 3 aromatic carbocycles. The molecule has 2 heteroatoms. The predicted octanol–water partition coefficient (Wildman–Crippen LogP) is 5.54. The zero-order valence-electron chi connectivity index (χ0n) is 14.0. The van der Waals surface area contributed by atoms with Gasteiger partial charge in [0.1, 0.15) is 11.4 Å². The number of rotatable bonds is 1. The Hall–Kier alpha value is -2.58. The van der Waals surface area contributed by atoms with E-state index in [2.05, 4.69) is 66.7 Å². The SMILES string of the molecule is C1=C[C@]2(CCO[C@H](c3cccc4ccccc34)C2)Oc2ccccc21. The molecule has 2 aliphatic heterocycles. The highest BCUT2D eigenvalue weighted by atomic mass is 16.5. The maximum Gasteiger partial charge on any atom is 0.132 e. The van der Waals surface area contributed by atoms with Crippen LogP contribution in [0.1, 0.15) is 30.1 Å². The van der Waals surface area contributed by atoms with Crippen molar-refractivity contribution in [2.24, 2.45) is 0 Å². The summed E-state index contributed by atoms with van der Waals surface area (Å²) in [5.74, 6) is 0.976. The predicted molar refractivity (Wildman–Crippen MR) is 101 cm³/mol. The van der Waals surface area contributed by atoms with Crippen molar-refractivity contribution < 1.29 is 9.47 Å². The second-order valence-electron chi connectivity index (χ2n) is 6.92. The van der Waals surface area contributed by atoms with Crippen LogP contribution in [0.4, 0.5) is 0 Å². The lowest BCUT2D eigenvalue weighted by Crippen LogP contribution is -2.42. The number of hydrogen-bond donors (Lipinski definition) is 0. The fraction of sp³-hybridized carbons (Fsp3) is 0.217. The number of fused-ring (bicyclic) bond motifs is 2. The molecule has 2 nitrogen and oxygen atoms in total. The number of hydrogen-bond acceptors (Lipinski definition) is 2. The topological polar surface area (TPSA) is 18.5 Å². The normalized spacial score (nSPS) is 24.9. The van der Waals surface area contributed by atoms with Crippen LogP contribution in [0.2, 0.25) is 0 Å². The smallest absolute Gasteiger partial charge is 0.132 e. The van der Waals surface area contributed by atoms with Crippen LogP contribution in [0.15, 0.2) is 72.8 Å². The Morgan fingerprint density at radius 2 is 1.72 bits per heavy atom. The monoisotopic (exact) mass is 328 g/mol. The molecule has 124 valence electrons. The van der Waals surface area contributed by atoms with Crippen LogP contribution in [0.25, 0.3) is 16.8 Å². The van der Waals surface area contributed by atoms with Crippen LogP contribution in [-0.2, 0) is 4.74 Å². The molecule has 0 aromatic heterocycles. The summed E-state index contributed by atoms with van der Waals surface area (Å²) in [7, 11) is 0. The summed E-state index contributed by atoms with van der Waals surface area (Å²) in [6, 6.07) is 23.2. The highest BCUT2D eigenvalue weighted by Gasteiger charge is 2.39. The van der Waals surface area contributed by atoms with Crippen LogP contribution in [-0.4, -0.2) is 12.2 Å². The standard InChI is InChI=1S/C23H20O2/c1-3-9-19-17(6-1)8-5-10-20(19)22-16-23(14-15-24-22)13-12-18-7-2-4-11-21(18)25-23/h1-13,22H,14-16H2/t22-,23+/m0/s1. The van der Waals surface area contributed by atoms with Crippen LogP contribution in [0.3, 0.4) is 0 Å². The van der Waals surface area contributed by atoms with Crippen LogP contribution in [0, 0.1) is 0 Å². The molecule has 0 unspecified atom stereocenters. The van der Waals surface area contributed by atoms with Gasteiger partial charge in [0, 0.05) is 18.4 Å². The first kappa shape index (κ1) is 14.7. The van der Waals surface area contributed by atoms with E-state index in [0.717, 1.165) is 24.2 Å². The largest absolute Gasteiger partial charge is 0.482 e. The minimum atomic E-state index is -0.270. The number of benzene rings is 3. The maximum absolute atomic E-state index is 6.46. The van der Waals surface area contributed by atoms with E-state index in [1.165, 1.54) is 16.3 Å². The summed E-state index contributed by atoms with van der Waals surface area (Å²) < 4.78 is 12.6. The third kappa shape index (κ3) is 2.54. The molecule has 1 spiro atoms. The van der Waals surface area contributed by atoms with Crippen LogP contribution in [0.5, 0.6) is 5.75 Å². The molecule has 0 N–H and O–H groups in total.